The predicted octanol–water partition coefficient (Wildman–Crippen LogP) is 1.42. The summed E-state index contributed by atoms with van der Waals surface area (Å²) in [6.45, 7) is 6.33. The van der Waals surface area contributed by atoms with Crippen molar-refractivity contribution in [2.24, 2.45) is 5.92 Å². The maximum Gasteiger partial charge on any atom is 0.326 e. The summed E-state index contributed by atoms with van der Waals surface area (Å²) in [6.07, 6.45) is 2.34. The number of carbonyl (C=O) groups is 2. The Kier molecular flexibility index (Phi) is 8.40. The number of hydrogen-bond donors (Lipinski definition) is 2. The van der Waals surface area contributed by atoms with E-state index in [2.05, 4.69) is 5.32 Å². The predicted molar refractivity (Wildman–Crippen MR) is 64.7 cm³/mol. The van der Waals surface area contributed by atoms with Crippen molar-refractivity contribution >= 4 is 11.9 Å². The molecule has 0 fully saturated rings. The number of ether oxygens (including phenoxy) is 1. The van der Waals surface area contributed by atoms with Crippen molar-refractivity contribution in [3.8, 4) is 0 Å². The molecule has 0 saturated heterocycles. The first-order valence-electron chi connectivity index (χ1n) is 6.07. The highest BCUT2D eigenvalue weighted by Gasteiger charge is 2.20. The second kappa shape index (κ2) is 8.98. The Bertz CT molecular complexity index is 241. The number of carbonyl (C=O) groups excluding carboxylic acids is 1. The Hall–Kier alpha value is -1.10. The van der Waals surface area contributed by atoms with E-state index in [0.717, 1.165) is 12.8 Å². The fraction of sp³-hybridized carbons (Fsp3) is 0.833. The van der Waals surface area contributed by atoms with Crippen LogP contribution in [0.3, 0.4) is 0 Å². The second-order valence-corrected chi connectivity index (χ2v) is 4.49. The van der Waals surface area contributed by atoms with Crippen molar-refractivity contribution in [3.05, 3.63) is 0 Å². The quantitative estimate of drug-likeness (QED) is 0.602. The Balaban J connectivity index is 3.91. The summed E-state index contributed by atoms with van der Waals surface area (Å²) >= 11 is 0. The Morgan fingerprint density at radius 3 is 2.47 bits per heavy atom. The van der Waals surface area contributed by atoms with Gasteiger partial charge in [-0.3, -0.25) is 4.79 Å². The lowest BCUT2D eigenvalue weighted by Gasteiger charge is -2.16. The summed E-state index contributed by atoms with van der Waals surface area (Å²) in [4.78, 5) is 22.3. The molecule has 0 aliphatic rings. The van der Waals surface area contributed by atoms with Crippen LogP contribution >= 0.6 is 0 Å². The first-order valence-corrected chi connectivity index (χ1v) is 6.07. The van der Waals surface area contributed by atoms with Crippen LogP contribution in [0.5, 0.6) is 0 Å². The summed E-state index contributed by atoms with van der Waals surface area (Å²) in [6, 6.07) is -0.822. The van der Waals surface area contributed by atoms with E-state index >= 15 is 0 Å². The van der Waals surface area contributed by atoms with E-state index in [9.17, 15) is 9.59 Å². The number of hydrogen-bond acceptors (Lipinski definition) is 3. The minimum absolute atomic E-state index is 0.0676. The van der Waals surface area contributed by atoms with Crippen molar-refractivity contribution in [2.45, 2.75) is 46.1 Å². The Labute approximate surface area is 103 Å². The molecule has 17 heavy (non-hydrogen) atoms. The van der Waals surface area contributed by atoms with Gasteiger partial charge in [0, 0.05) is 6.61 Å². The molecule has 0 aromatic heterocycles. The number of amides is 1. The van der Waals surface area contributed by atoms with Crippen LogP contribution in [0.4, 0.5) is 0 Å². The van der Waals surface area contributed by atoms with Crippen LogP contribution < -0.4 is 5.32 Å². The normalized spacial score (nSPS) is 12.5. The number of carboxylic acids is 1. The van der Waals surface area contributed by atoms with E-state index < -0.39 is 12.0 Å². The molecule has 5 heteroatoms. The summed E-state index contributed by atoms with van der Waals surface area (Å²) in [5, 5.41) is 11.4. The molecule has 0 heterocycles. The fourth-order valence-corrected chi connectivity index (χ4v) is 1.34. The lowest BCUT2D eigenvalue weighted by molar-refractivity contribution is -0.143. The standard InChI is InChI=1S/C12H23NO4/c1-4-5-6-17-8-11(14)13-10(12(15)16)7-9(2)3/h9-10H,4-8H2,1-3H3,(H,13,14)(H,15,16)/t10-/m1/s1. The van der Waals surface area contributed by atoms with Crippen LogP contribution in [-0.2, 0) is 14.3 Å². The first kappa shape index (κ1) is 15.9. The molecule has 0 aliphatic carbocycles. The van der Waals surface area contributed by atoms with Gasteiger partial charge in [-0.2, -0.15) is 0 Å². The largest absolute Gasteiger partial charge is 0.480 e. The lowest BCUT2D eigenvalue weighted by atomic mass is 10.0. The molecule has 0 aliphatic heterocycles. The van der Waals surface area contributed by atoms with Crippen molar-refractivity contribution in [3.63, 3.8) is 0 Å². The zero-order valence-electron chi connectivity index (χ0n) is 10.9. The van der Waals surface area contributed by atoms with Gasteiger partial charge in [0.2, 0.25) is 5.91 Å². The molecule has 0 unspecified atom stereocenters. The molecule has 0 saturated carbocycles. The minimum Gasteiger partial charge on any atom is -0.480 e. The zero-order valence-corrected chi connectivity index (χ0v) is 10.9. The second-order valence-electron chi connectivity index (χ2n) is 4.49. The van der Waals surface area contributed by atoms with Crippen LogP contribution in [0, 0.1) is 5.92 Å². The number of aliphatic carboxylic acids is 1. The summed E-state index contributed by atoms with van der Waals surface area (Å²) in [5.74, 6) is -1.15. The SMILES string of the molecule is CCCCOCC(=O)N[C@H](CC(C)C)C(=O)O. The molecule has 0 radical (unpaired) electrons. The smallest absolute Gasteiger partial charge is 0.326 e. The summed E-state index contributed by atoms with van der Waals surface area (Å²) in [5.41, 5.74) is 0. The van der Waals surface area contributed by atoms with E-state index in [4.69, 9.17) is 9.84 Å². The number of rotatable bonds is 9. The van der Waals surface area contributed by atoms with Crippen molar-refractivity contribution in [1.82, 2.24) is 5.32 Å². The van der Waals surface area contributed by atoms with Gasteiger partial charge in [-0.1, -0.05) is 27.2 Å². The molecule has 5 nitrogen and oxygen atoms in total. The minimum atomic E-state index is -0.999. The number of nitrogens with one attached hydrogen (secondary N) is 1. The summed E-state index contributed by atoms with van der Waals surface area (Å²) in [7, 11) is 0. The number of unbranched alkanes of at least 4 members (excludes halogenated alkanes) is 1. The third-order valence-electron chi connectivity index (χ3n) is 2.22. The van der Waals surface area contributed by atoms with Crippen LogP contribution in [0.1, 0.15) is 40.0 Å². The van der Waals surface area contributed by atoms with Gasteiger partial charge in [-0.15, -0.1) is 0 Å². The molecule has 2 N–H and O–H groups in total. The summed E-state index contributed by atoms with van der Waals surface area (Å²) < 4.78 is 5.12. The van der Waals surface area contributed by atoms with Gasteiger partial charge in [0.05, 0.1) is 0 Å². The highest BCUT2D eigenvalue weighted by atomic mass is 16.5. The molecule has 0 spiro atoms. The van der Waals surface area contributed by atoms with Gasteiger partial charge >= 0.3 is 5.97 Å². The van der Waals surface area contributed by atoms with Crippen LogP contribution in [0.25, 0.3) is 0 Å². The van der Waals surface area contributed by atoms with Crippen molar-refractivity contribution < 1.29 is 19.4 Å². The van der Waals surface area contributed by atoms with E-state index in [0.29, 0.717) is 13.0 Å². The molecule has 1 atom stereocenters. The monoisotopic (exact) mass is 245 g/mol. The third kappa shape index (κ3) is 8.68. The Morgan fingerprint density at radius 2 is 2.00 bits per heavy atom. The maximum atomic E-state index is 11.4. The van der Waals surface area contributed by atoms with E-state index in [-0.39, 0.29) is 18.4 Å². The van der Waals surface area contributed by atoms with Crippen LogP contribution in [0.15, 0.2) is 0 Å². The average molecular weight is 245 g/mol. The maximum absolute atomic E-state index is 11.4. The highest BCUT2D eigenvalue weighted by molar-refractivity contribution is 5.84. The molecule has 0 bridgehead atoms. The van der Waals surface area contributed by atoms with Gasteiger partial charge in [0.15, 0.2) is 0 Å². The molecule has 0 aromatic rings. The zero-order chi connectivity index (χ0) is 13.3. The van der Waals surface area contributed by atoms with Crippen molar-refractivity contribution in [2.75, 3.05) is 13.2 Å². The number of carboxylic acid groups (broad SMARTS) is 1. The Morgan fingerprint density at radius 1 is 1.35 bits per heavy atom. The molecular formula is C12H23NO4. The van der Waals surface area contributed by atoms with E-state index in [1.54, 1.807) is 0 Å². The van der Waals surface area contributed by atoms with E-state index in [1.165, 1.54) is 0 Å². The molecule has 0 aromatic carbocycles. The molecular weight excluding hydrogens is 222 g/mol. The van der Waals surface area contributed by atoms with Crippen LogP contribution in [0.2, 0.25) is 0 Å². The third-order valence-corrected chi connectivity index (χ3v) is 2.22. The van der Waals surface area contributed by atoms with Gasteiger partial charge in [0.25, 0.3) is 0 Å². The van der Waals surface area contributed by atoms with Gasteiger partial charge in [0.1, 0.15) is 12.6 Å². The van der Waals surface area contributed by atoms with Gasteiger partial charge in [-0.25, -0.2) is 4.79 Å². The van der Waals surface area contributed by atoms with Gasteiger partial charge in [-0.05, 0) is 18.8 Å². The topological polar surface area (TPSA) is 75.6 Å². The van der Waals surface area contributed by atoms with Gasteiger partial charge < -0.3 is 15.2 Å². The lowest BCUT2D eigenvalue weighted by Crippen LogP contribution is -2.43. The molecule has 0 rings (SSSR count). The molecule has 1 amide bonds. The highest BCUT2D eigenvalue weighted by Crippen LogP contribution is 2.04. The van der Waals surface area contributed by atoms with Crippen LogP contribution in [-0.4, -0.2) is 36.2 Å². The van der Waals surface area contributed by atoms with E-state index in [1.807, 2.05) is 20.8 Å². The van der Waals surface area contributed by atoms with Crippen molar-refractivity contribution in [1.29, 1.82) is 0 Å². The fourth-order valence-electron chi connectivity index (χ4n) is 1.34. The average Bonchev–Trinajstić information content (AvgIpc) is 2.22. The first-order chi connectivity index (χ1) is 7.97. The molecule has 100 valence electrons.